The van der Waals surface area contributed by atoms with Crippen molar-refractivity contribution < 1.29 is 13.9 Å². The molecule has 1 aliphatic rings. The second kappa shape index (κ2) is 7.73. The molecular weight excluding hydrogens is 295 g/mol. The third-order valence-electron chi connectivity index (χ3n) is 3.71. The molecule has 116 valence electrons. The summed E-state index contributed by atoms with van der Waals surface area (Å²) in [6, 6.07) is 4.09. The van der Waals surface area contributed by atoms with Crippen molar-refractivity contribution in [3.8, 4) is 0 Å². The van der Waals surface area contributed by atoms with E-state index in [2.05, 4.69) is 10.2 Å². The van der Waals surface area contributed by atoms with E-state index in [1.54, 1.807) is 7.11 Å². The zero-order chi connectivity index (χ0) is 15.2. The number of rotatable bonds is 6. The SMILES string of the molecule is COCCN1CC[C@H](CNC(=O)c2ccc(Cl)c(F)c2)C1. The van der Waals surface area contributed by atoms with Crippen LogP contribution < -0.4 is 5.32 Å². The van der Waals surface area contributed by atoms with E-state index in [0.29, 0.717) is 18.0 Å². The number of hydrogen-bond donors (Lipinski definition) is 1. The molecule has 0 radical (unpaired) electrons. The number of nitrogens with zero attached hydrogens (tertiary/aromatic N) is 1. The number of nitrogens with one attached hydrogen (secondary N) is 1. The molecule has 1 heterocycles. The van der Waals surface area contributed by atoms with Crippen LogP contribution in [0.2, 0.25) is 5.02 Å². The Morgan fingerprint density at radius 1 is 1.57 bits per heavy atom. The predicted molar refractivity (Wildman–Crippen MR) is 80.2 cm³/mol. The van der Waals surface area contributed by atoms with Crippen molar-refractivity contribution >= 4 is 17.5 Å². The van der Waals surface area contributed by atoms with Gasteiger partial charge in [0, 0.05) is 32.3 Å². The number of ether oxygens (including phenoxy) is 1. The molecule has 21 heavy (non-hydrogen) atoms. The molecule has 0 unspecified atom stereocenters. The summed E-state index contributed by atoms with van der Waals surface area (Å²) in [5.74, 6) is -0.403. The van der Waals surface area contributed by atoms with E-state index in [1.807, 2.05) is 0 Å². The van der Waals surface area contributed by atoms with Gasteiger partial charge in [-0.25, -0.2) is 4.39 Å². The first-order valence-corrected chi connectivity index (χ1v) is 7.42. The average molecular weight is 315 g/mol. The second-order valence-electron chi connectivity index (χ2n) is 5.29. The summed E-state index contributed by atoms with van der Waals surface area (Å²) in [6.07, 6.45) is 1.05. The number of carbonyl (C=O) groups excluding carboxylic acids is 1. The van der Waals surface area contributed by atoms with Gasteiger partial charge in [-0.15, -0.1) is 0 Å². The van der Waals surface area contributed by atoms with Crippen molar-refractivity contribution in [3.05, 3.63) is 34.6 Å². The summed E-state index contributed by atoms with van der Waals surface area (Å²) in [4.78, 5) is 14.3. The molecule has 1 aromatic rings. The summed E-state index contributed by atoms with van der Waals surface area (Å²) >= 11 is 5.60. The molecule has 0 aliphatic carbocycles. The summed E-state index contributed by atoms with van der Waals surface area (Å²) in [7, 11) is 1.69. The van der Waals surface area contributed by atoms with Gasteiger partial charge in [-0.2, -0.15) is 0 Å². The largest absolute Gasteiger partial charge is 0.383 e. The third-order valence-corrected chi connectivity index (χ3v) is 4.02. The average Bonchev–Trinajstić information content (AvgIpc) is 2.93. The number of benzene rings is 1. The molecule has 1 saturated heterocycles. The first kappa shape index (κ1) is 16.2. The minimum absolute atomic E-state index is 0.0242. The van der Waals surface area contributed by atoms with Crippen LogP contribution in [0.15, 0.2) is 18.2 Å². The Morgan fingerprint density at radius 3 is 3.10 bits per heavy atom. The van der Waals surface area contributed by atoms with Gasteiger partial charge in [0.25, 0.3) is 5.91 Å². The maximum Gasteiger partial charge on any atom is 0.251 e. The van der Waals surface area contributed by atoms with E-state index in [1.165, 1.54) is 12.1 Å². The molecule has 1 amide bonds. The molecule has 1 aromatic carbocycles. The molecular formula is C15H20ClFN2O2. The van der Waals surface area contributed by atoms with Gasteiger partial charge in [0.05, 0.1) is 11.6 Å². The molecule has 1 atom stereocenters. The topological polar surface area (TPSA) is 41.6 Å². The number of methoxy groups -OCH3 is 1. The van der Waals surface area contributed by atoms with Crippen LogP contribution in [0.25, 0.3) is 0 Å². The lowest BCUT2D eigenvalue weighted by atomic mass is 10.1. The van der Waals surface area contributed by atoms with Gasteiger partial charge in [0.1, 0.15) is 5.82 Å². The van der Waals surface area contributed by atoms with Crippen molar-refractivity contribution in [2.45, 2.75) is 6.42 Å². The van der Waals surface area contributed by atoms with Gasteiger partial charge in [-0.05, 0) is 37.1 Å². The highest BCUT2D eigenvalue weighted by Gasteiger charge is 2.22. The fourth-order valence-electron chi connectivity index (χ4n) is 2.48. The van der Waals surface area contributed by atoms with E-state index in [0.717, 1.165) is 38.7 Å². The fraction of sp³-hybridized carbons (Fsp3) is 0.533. The van der Waals surface area contributed by atoms with E-state index >= 15 is 0 Å². The number of hydrogen-bond acceptors (Lipinski definition) is 3. The van der Waals surface area contributed by atoms with Gasteiger partial charge in [0.2, 0.25) is 0 Å². The number of halogens is 2. The zero-order valence-electron chi connectivity index (χ0n) is 12.1. The molecule has 1 N–H and O–H groups in total. The van der Waals surface area contributed by atoms with E-state index in [-0.39, 0.29) is 10.9 Å². The second-order valence-corrected chi connectivity index (χ2v) is 5.69. The predicted octanol–water partition coefficient (Wildman–Crippen LogP) is 2.18. The third kappa shape index (κ3) is 4.66. The lowest BCUT2D eigenvalue weighted by molar-refractivity contribution is 0.0946. The minimum atomic E-state index is -0.573. The Hall–Kier alpha value is -1.17. The standard InChI is InChI=1S/C15H20ClFN2O2/c1-21-7-6-19-5-4-11(10-19)9-18-15(20)12-2-3-13(16)14(17)8-12/h2-3,8,11H,4-7,9-10H2,1H3,(H,18,20)/t11-/m1/s1. The van der Waals surface area contributed by atoms with Crippen LogP contribution in [0.1, 0.15) is 16.8 Å². The van der Waals surface area contributed by atoms with Crippen LogP contribution in [0.5, 0.6) is 0 Å². The fourth-order valence-corrected chi connectivity index (χ4v) is 2.60. The number of amides is 1. The lowest BCUT2D eigenvalue weighted by Gasteiger charge is -2.15. The lowest BCUT2D eigenvalue weighted by Crippen LogP contribution is -2.31. The maximum atomic E-state index is 13.3. The molecule has 2 rings (SSSR count). The quantitative estimate of drug-likeness (QED) is 0.875. The minimum Gasteiger partial charge on any atom is -0.383 e. The molecule has 6 heteroatoms. The Bertz CT molecular complexity index is 499. The summed E-state index contributed by atoms with van der Waals surface area (Å²) < 4.78 is 18.4. The van der Waals surface area contributed by atoms with Gasteiger partial charge < -0.3 is 15.0 Å². The van der Waals surface area contributed by atoms with Crippen molar-refractivity contribution in [2.75, 3.05) is 39.9 Å². The van der Waals surface area contributed by atoms with Crippen LogP contribution in [-0.2, 0) is 4.74 Å². The highest BCUT2D eigenvalue weighted by molar-refractivity contribution is 6.30. The highest BCUT2D eigenvalue weighted by Crippen LogP contribution is 2.17. The molecule has 0 aromatic heterocycles. The van der Waals surface area contributed by atoms with Gasteiger partial charge in [0.15, 0.2) is 0 Å². The molecule has 4 nitrogen and oxygen atoms in total. The van der Waals surface area contributed by atoms with Gasteiger partial charge in [-0.1, -0.05) is 11.6 Å². The molecule has 1 aliphatic heterocycles. The molecule has 0 bridgehead atoms. The number of carbonyl (C=O) groups is 1. The van der Waals surface area contributed by atoms with Crippen LogP contribution in [0.4, 0.5) is 4.39 Å². The van der Waals surface area contributed by atoms with Crippen LogP contribution in [-0.4, -0.2) is 50.7 Å². The van der Waals surface area contributed by atoms with Crippen LogP contribution >= 0.6 is 11.6 Å². The number of likely N-dealkylation sites (tertiary alicyclic amines) is 1. The molecule has 0 spiro atoms. The van der Waals surface area contributed by atoms with E-state index in [4.69, 9.17) is 16.3 Å². The molecule has 1 fully saturated rings. The maximum absolute atomic E-state index is 13.3. The van der Waals surface area contributed by atoms with Crippen LogP contribution in [0, 0.1) is 11.7 Å². The Balaban J connectivity index is 1.78. The summed E-state index contributed by atoms with van der Waals surface area (Å²) in [5.41, 5.74) is 0.297. The summed E-state index contributed by atoms with van der Waals surface area (Å²) in [6.45, 7) is 4.23. The Kier molecular flexibility index (Phi) is 5.96. The van der Waals surface area contributed by atoms with Crippen molar-refractivity contribution in [3.63, 3.8) is 0 Å². The van der Waals surface area contributed by atoms with Gasteiger partial charge >= 0.3 is 0 Å². The zero-order valence-corrected chi connectivity index (χ0v) is 12.8. The van der Waals surface area contributed by atoms with Crippen molar-refractivity contribution in [1.82, 2.24) is 10.2 Å². The summed E-state index contributed by atoms with van der Waals surface area (Å²) in [5, 5.41) is 2.88. The first-order chi connectivity index (χ1) is 10.1. The van der Waals surface area contributed by atoms with E-state index < -0.39 is 5.82 Å². The van der Waals surface area contributed by atoms with Crippen molar-refractivity contribution in [1.29, 1.82) is 0 Å². The smallest absolute Gasteiger partial charge is 0.251 e. The van der Waals surface area contributed by atoms with Crippen LogP contribution in [0.3, 0.4) is 0 Å². The van der Waals surface area contributed by atoms with Gasteiger partial charge in [-0.3, -0.25) is 4.79 Å². The first-order valence-electron chi connectivity index (χ1n) is 7.04. The van der Waals surface area contributed by atoms with Crippen molar-refractivity contribution in [2.24, 2.45) is 5.92 Å². The Morgan fingerprint density at radius 2 is 2.38 bits per heavy atom. The highest BCUT2D eigenvalue weighted by atomic mass is 35.5. The monoisotopic (exact) mass is 314 g/mol. The van der Waals surface area contributed by atoms with E-state index in [9.17, 15) is 9.18 Å². The normalized spacial score (nSPS) is 18.9. The molecule has 0 saturated carbocycles. The Labute approximate surface area is 129 Å².